The Morgan fingerprint density at radius 2 is 1.90 bits per heavy atom. The number of nitrogens with zero attached hydrogens (tertiary/aromatic N) is 1. The Kier molecular flexibility index (Phi) is 3.58. The summed E-state index contributed by atoms with van der Waals surface area (Å²) in [5, 5.41) is 11.2. The van der Waals surface area contributed by atoms with Crippen LogP contribution in [0, 0.1) is 0 Å². The van der Waals surface area contributed by atoms with Crippen molar-refractivity contribution in [3.8, 4) is 11.6 Å². The second-order valence-corrected chi connectivity index (χ2v) is 5.16. The summed E-state index contributed by atoms with van der Waals surface area (Å²) >= 11 is 3.50. The van der Waals surface area contributed by atoms with Crippen LogP contribution in [0.2, 0.25) is 0 Å². The van der Waals surface area contributed by atoms with E-state index in [1.807, 2.05) is 30.3 Å². The molecule has 0 amide bonds. The fraction of sp³-hybridized carbons (Fsp3) is 0. The van der Waals surface area contributed by atoms with Crippen molar-refractivity contribution in [3.05, 3.63) is 64.8 Å². The molecule has 1 aromatic heterocycles. The van der Waals surface area contributed by atoms with Crippen molar-refractivity contribution >= 4 is 32.7 Å². The maximum absolute atomic E-state index is 11.2. The van der Waals surface area contributed by atoms with E-state index < -0.39 is 5.97 Å². The van der Waals surface area contributed by atoms with Crippen LogP contribution in [0.3, 0.4) is 0 Å². The molecule has 0 saturated heterocycles. The number of ether oxygens (including phenoxy) is 1. The molecule has 0 spiro atoms. The van der Waals surface area contributed by atoms with Crippen LogP contribution in [0.1, 0.15) is 10.4 Å². The standard InChI is InChI=1S/C16H10BrNO3/c17-14-11-5-2-1-4-10(11)7-8-13(14)21-15-12(16(19)20)6-3-9-18-15/h1-9H,(H,19,20). The summed E-state index contributed by atoms with van der Waals surface area (Å²) in [4.78, 5) is 15.2. The van der Waals surface area contributed by atoms with Gasteiger partial charge in [0.25, 0.3) is 0 Å². The molecule has 3 rings (SSSR count). The van der Waals surface area contributed by atoms with Crippen LogP contribution in [0.5, 0.6) is 11.6 Å². The average molecular weight is 344 g/mol. The van der Waals surface area contributed by atoms with E-state index in [4.69, 9.17) is 9.84 Å². The van der Waals surface area contributed by atoms with Gasteiger partial charge in [-0.15, -0.1) is 0 Å². The van der Waals surface area contributed by atoms with E-state index in [1.165, 1.54) is 12.3 Å². The zero-order valence-corrected chi connectivity index (χ0v) is 12.4. The van der Waals surface area contributed by atoms with Crippen LogP contribution < -0.4 is 4.74 Å². The molecular weight excluding hydrogens is 334 g/mol. The first-order valence-corrected chi connectivity index (χ1v) is 6.99. The van der Waals surface area contributed by atoms with E-state index in [0.717, 1.165) is 15.2 Å². The van der Waals surface area contributed by atoms with Gasteiger partial charge in [-0.3, -0.25) is 0 Å². The average Bonchev–Trinajstić information content (AvgIpc) is 2.51. The summed E-state index contributed by atoms with van der Waals surface area (Å²) in [5.41, 5.74) is 0.0255. The highest BCUT2D eigenvalue weighted by Crippen LogP contribution is 2.35. The predicted molar refractivity (Wildman–Crippen MR) is 82.9 cm³/mol. The summed E-state index contributed by atoms with van der Waals surface area (Å²) in [7, 11) is 0. The molecule has 0 radical (unpaired) electrons. The van der Waals surface area contributed by atoms with Crippen molar-refractivity contribution in [2.45, 2.75) is 0 Å². The lowest BCUT2D eigenvalue weighted by molar-refractivity contribution is 0.0693. The molecule has 2 aromatic carbocycles. The summed E-state index contributed by atoms with van der Waals surface area (Å²) < 4.78 is 6.44. The van der Waals surface area contributed by atoms with Gasteiger partial charge in [-0.25, -0.2) is 9.78 Å². The lowest BCUT2D eigenvalue weighted by Gasteiger charge is -2.10. The van der Waals surface area contributed by atoms with Crippen LogP contribution in [0.25, 0.3) is 10.8 Å². The highest BCUT2D eigenvalue weighted by molar-refractivity contribution is 9.10. The van der Waals surface area contributed by atoms with Gasteiger partial charge in [-0.1, -0.05) is 30.3 Å². The normalized spacial score (nSPS) is 10.5. The maximum Gasteiger partial charge on any atom is 0.341 e. The SMILES string of the molecule is O=C(O)c1cccnc1Oc1ccc2ccccc2c1Br. The van der Waals surface area contributed by atoms with Gasteiger partial charge in [-0.2, -0.15) is 0 Å². The number of fused-ring (bicyclic) bond motifs is 1. The van der Waals surface area contributed by atoms with Gasteiger partial charge < -0.3 is 9.84 Å². The Morgan fingerprint density at radius 1 is 1.10 bits per heavy atom. The molecule has 21 heavy (non-hydrogen) atoms. The maximum atomic E-state index is 11.2. The molecule has 0 saturated carbocycles. The molecule has 0 unspecified atom stereocenters. The molecule has 0 aliphatic rings. The quantitative estimate of drug-likeness (QED) is 0.761. The van der Waals surface area contributed by atoms with Crippen LogP contribution >= 0.6 is 15.9 Å². The number of carbonyl (C=O) groups is 1. The first-order chi connectivity index (χ1) is 10.2. The fourth-order valence-corrected chi connectivity index (χ4v) is 2.61. The first kappa shape index (κ1) is 13.6. The van der Waals surface area contributed by atoms with E-state index in [-0.39, 0.29) is 11.4 Å². The van der Waals surface area contributed by atoms with Gasteiger partial charge in [0, 0.05) is 6.20 Å². The third-order valence-corrected chi connectivity index (χ3v) is 3.85. The first-order valence-electron chi connectivity index (χ1n) is 6.20. The number of hydrogen-bond acceptors (Lipinski definition) is 3. The lowest BCUT2D eigenvalue weighted by atomic mass is 10.1. The number of aromatic carboxylic acids is 1. The highest BCUT2D eigenvalue weighted by atomic mass is 79.9. The molecule has 4 nitrogen and oxygen atoms in total. The monoisotopic (exact) mass is 343 g/mol. The van der Waals surface area contributed by atoms with Gasteiger partial charge in [0.1, 0.15) is 11.3 Å². The smallest absolute Gasteiger partial charge is 0.341 e. The van der Waals surface area contributed by atoms with Crippen molar-refractivity contribution in [3.63, 3.8) is 0 Å². The second-order valence-electron chi connectivity index (χ2n) is 4.36. The van der Waals surface area contributed by atoms with E-state index >= 15 is 0 Å². The van der Waals surface area contributed by atoms with Gasteiger partial charge in [0.2, 0.25) is 5.88 Å². The van der Waals surface area contributed by atoms with E-state index in [0.29, 0.717) is 5.75 Å². The van der Waals surface area contributed by atoms with Crippen molar-refractivity contribution in [1.29, 1.82) is 0 Å². The van der Waals surface area contributed by atoms with Crippen LogP contribution in [0.15, 0.2) is 59.2 Å². The van der Waals surface area contributed by atoms with Crippen molar-refractivity contribution < 1.29 is 14.6 Å². The zero-order chi connectivity index (χ0) is 14.8. The molecule has 0 aliphatic carbocycles. The van der Waals surface area contributed by atoms with E-state index in [1.54, 1.807) is 12.1 Å². The minimum atomic E-state index is -1.07. The van der Waals surface area contributed by atoms with Crippen molar-refractivity contribution in [2.75, 3.05) is 0 Å². The number of aromatic nitrogens is 1. The summed E-state index contributed by atoms with van der Waals surface area (Å²) in [6.45, 7) is 0. The molecule has 0 aliphatic heterocycles. The Balaban J connectivity index is 2.07. The van der Waals surface area contributed by atoms with Gasteiger partial charge >= 0.3 is 5.97 Å². The number of carboxylic acid groups (broad SMARTS) is 1. The molecule has 0 atom stereocenters. The minimum absolute atomic E-state index is 0.0255. The Morgan fingerprint density at radius 3 is 2.71 bits per heavy atom. The molecule has 0 bridgehead atoms. The van der Waals surface area contributed by atoms with Gasteiger partial charge in [0.15, 0.2) is 0 Å². The Bertz CT molecular complexity index is 833. The minimum Gasteiger partial charge on any atom is -0.477 e. The molecule has 3 aromatic rings. The second kappa shape index (κ2) is 5.54. The highest BCUT2D eigenvalue weighted by Gasteiger charge is 2.14. The van der Waals surface area contributed by atoms with E-state index in [2.05, 4.69) is 20.9 Å². The third-order valence-electron chi connectivity index (χ3n) is 3.04. The zero-order valence-electron chi connectivity index (χ0n) is 10.8. The third kappa shape index (κ3) is 2.60. The van der Waals surface area contributed by atoms with Crippen LogP contribution in [0.4, 0.5) is 0 Å². The Hall–Kier alpha value is -2.40. The largest absolute Gasteiger partial charge is 0.477 e. The van der Waals surface area contributed by atoms with Crippen LogP contribution in [-0.2, 0) is 0 Å². The molecule has 5 heteroatoms. The number of halogens is 1. The summed E-state index contributed by atoms with van der Waals surface area (Å²) in [5.74, 6) is -0.481. The topological polar surface area (TPSA) is 59.4 Å². The van der Waals surface area contributed by atoms with Gasteiger partial charge in [-0.05, 0) is 44.9 Å². The molecular formula is C16H10BrNO3. The van der Waals surface area contributed by atoms with Crippen molar-refractivity contribution in [1.82, 2.24) is 4.98 Å². The van der Waals surface area contributed by atoms with E-state index in [9.17, 15) is 4.79 Å². The number of carboxylic acids is 1. The summed E-state index contributed by atoms with van der Waals surface area (Å²) in [6, 6.07) is 14.6. The molecule has 1 heterocycles. The summed E-state index contributed by atoms with van der Waals surface area (Å²) in [6.07, 6.45) is 1.50. The number of rotatable bonds is 3. The van der Waals surface area contributed by atoms with Crippen molar-refractivity contribution in [2.24, 2.45) is 0 Å². The van der Waals surface area contributed by atoms with Gasteiger partial charge in [0.05, 0.1) is 4.47 Å². The Labute approximate surface area is 129 Å². The fourth-order valence-electron chi connectivity index (χ4n) is 2.03. The molecule has 0 fully saturated rings. The number of pyridine rings is 1. The lowest BCUT2D eigenvalue weighted by Crippen LogP contribution is -2.01. The number of hydrogen-bond donors (Lipinski definition) is 1. The number of benzene rings is 2. The molecule has 1 N–H and O–H groups in total. The van der Waals surface area contributed by atoms with Crippen LogP contribution in [-0.4, -0.2) is 16.1 Å². The molecule has 104 valence electrons. The predicted octanol–water partition coefficient (Wildman–Crippen LogP) is 4.49.